The molecule has 0 aliphatic heterocycles. The van der Waals surface area contributed by atoms with E-state index >= 15 is 0 Å². The molecule has 0 aliphatic rings. The van der Waals surface area contributed by atoms with E-state index in [9.17, 15) is 0 Å². The lowest BCUT2D eigenvalue weighted by Crippen LogP contribution is -1.96. The second-order valence-corrected chi connectivity index (χ2v) is 4.36. The number of ether oxygens (including phenoxy) is 2. The van der Waals surface area contributed by atoms with Gasteiger partial charge in [-0.25, -0.2) is 0 Å². The van der Waals surface area contributed by atoms with E-state index in [1.54, 1.807) is 25.0 Å². The first-order chi connectivity index (χ1) is 8.65. The molecule has 0 bridgehead atoms. The normalized spacial score (nSPS) is 10.7. The zero-order valence-electron chi connectivity index (χ0n) is 10.6. The molecule has 0 radical (unpaired) electrons. The topological polar surface area (TPSA) is 36.3 Å². The van der Waals surface area contributed by atoms with Gasteiger partial charge in [-0.05, 0) is 24.3 Å². The van der Waals surface area contributed by atoms with Crippen molar-refractivity contribution in [3.8, 4) is 17.0 Å². The Hall–Kier alpha value is -1.52. The van der Waals surface area contributed by atoms with Crippen LogP contribution in [0.25, 0.3) is 11.3 Å². The first-order valence-corrected chi connectivity index (χ1v) is 5.89. The lowest BCUT2D eigenvalue weighted by Gasteiger charge is -2.08. The molecule has 0 amide bonds. The zero-order chi connectivity index (χ0) is 13.1. The third kappa shape index (κ3) is 2.49. The molecule has 18 heavy (non-hydrogen) atoms. The van der Waals surface area contributed by atoms with Gasteiger partial charge < -0.3 is 9.47 Å². The summed E-state index contributed by atoms with van der Waals surface area (Å²) >= 11 is 5.96. The second-order valence-electron chi connectivity index (χ2n) is 3.92. The molecule has 1 heterocycles. The van der Waals surface area contributed by atoms with Crippen molar-refractivity contribution in [2.24, 2.45) is 7.05 Å². The molecular weight excluding hydrogens is 252 g/mol. The maximum Gasteiger partial charge on any atom is 0.129 e. The van der Waals surface area contributed by atoms with Crippen LogP contribution in [0.5, 0.6) is 5.75 Å². The van der Waals surface area contributed by atoms with Crippen LogP contribution in [0.1, 0.15) is 5.69 Å². The number of nitrogens with zero attached hydrogens (tertiary/aromatic N) is 2. The van der Waals surface area contributed by atoms with Crippen molar-refractivity contribution < 1.29 is 9.47 Å². The number of hydrogen-bond donors (Lipinski definition) is 0. The third-order valence-electron chi connectivity index (χ3n) is 2.66. The molecule has 0 spiro atoms. The van der Waals surface area contributed by atoms with Crippen molar-refractivity contribution in [1.29, 1.82) is 0 Å². The summed E-state index contributed by atoms with van der Waals surface area (Å²) in [6, 6.07) is 7.53. The Morgan fingerprint density at radius 2 is 2.06 bits per heavy atom. The molecule has 0 saturated carbocycles. The average Bonchev–Trinajstić information content (AvgIpc) is 2.70. The third-order valence-corrected chi connectivity index (χ3v) is 2.90. The quantitative estimate of drug-likeness (QED) is 0.854. The molecule has 5 heteroatoms. The molecule has 1 aromatic heterocycles. The Kier molecular flexibility index (Phi) is 3.89. The molecule has 96 valence electrons. The standard InChI is InChI=1S/C13H15ClN2O2/c1-16-12(7-10(15-16)8-17-2)11-5-4-9(14)6-13(11)18-3/h4-7H,8H2,1-3H3. The highest BCUT2D eigenvalue weighted by Gasteiger charge is 2.12. The van der Waals surface area contributed by atoms with Crippen molar-refractivity contribution in [2.45, 2.75) is 6.61 Å². The van der Waals surface area contributed by atoms with Crippen molar-refractivity contribution >= 4 is 11.6 Å². The number of aryl methyl sites for hydroxylation is 1. The summed E-state index contributed by atoms with van der Waals surface area (Å²) in [4.78, 5) is 0. The van der Waals surface area contributed by atoms with Gasteiger partial charge in [0.2, 0.25) is 0 Å². The van der Waals surface area contributed by atoms with Crippen LogP contribution >= 0.6 is 11.6 Å². The Bertz CT molecular complexity index is 552. The Balaban J connectivity index is 2.47. The van der Waals surface area contributed by atoms with Gasteiger partial charge in [-0.1, -0.05) is 11.6 Å². The monoisotopic (exact) mass is 266 g/mol. The van der Waals surface area contributed by atoms with E-state index < -0.39 is 0 Å². The minimum absolute atomic E-state index is 0.490. The molecule has 0 aliphatic carbocycles. The lowest BCUT2D eigenvalue weighted by molar-refractivity contribution is 0.181. The fraction of sp³-hybridized carbons (Fsp3) is 0.308. The van der Waals surface area contributed by atoms with E-state index in [1.807, 2.05) is 25.2 Å². The van der Waals surface area contributed by atoms with Crippen LogP contribution in [0.4, 0.5) is 0 Å². The van der Waals surface area contributed by atoms with E-state index in [0.29, 0.717) is 11.6 Å². The molecule has 4 nitrogen and oxygen atoms in total. The number of rotatable bonds is 4. The van der Waals surface area contributed by atoms with Gasteiger partial charge in [0.15, 0.2) is 0 Å². The van der Waals surface area contributed by atoms with Gasteiger partial charge in [0.1, 0.15) is 5.75 Å². The molecule has 1 aromatic carbocycles. The van der Waals surface area contributed by atoms with Crippen molar-refractivity contribution in [3.05, 3.63) is 35.0 Å². The predicted octanol–water partition coefficient (Wildman–Crippen LogP) is 2.90. The number of hydrogen-bond acceptors (Lipinski definition) is 3. The lowest BCUT2D eigenvalue weighted by atomic mass is 10.1. The summed E-state index contributed by atoms with van der Waals surface area (Å²) in [5.74, 6) is 0.731. The van der Waals surface area contributed by atoms with E-state index in [-0.39, 0.29) is 0 Å². The smallest absolute Gasteiger partial charge is 0.129 e. The molecular formula is C13H15ClN2O2. The van der Waals surface area contributed by atoms with Gasteiger partial charge in [-0.2, -0.15) is 5.10 Å². The molecule has 0 unspecified atom stereocenters. The highest BCUT2D eigenvalue weighted by Crippen LogP contribution is 2.32. The van der Waals surface area contributed by atoms with E-state index in [0.717, 1.165) is 22.7 Å². The first kappa shape index (κ1) is 12.9. The van der Waals surface area contributed by atoms with Gasteiger partial charge in [-0.3, -0.25) is 4.68 Å². The van der Waals surface area contributed by atoms with Crippen LogP contribution in [0.15, 0.2) is 24.3 Å². The SMILES string of the molecule is COCc1cc(-c2ccc(Cl)cc2OC)n(C)n1. The van der Waals surface area contributed by atoms with Crippen LogP contribution < -0.4 is 4.74 Å². The van der Waals surface area contributed by atoms with Gasteiger partial charge in [0.05, 0.1) is 25.1 Å². The minimum atomic E-state index is 0.490. The number of halogens is 1. The van der Waals surface area contributed by atoms with E-state index in [1.165, 1.54) is 0 Å². The first-order valence-electron chi connectivity index (χ1n) is 5.51. The molecule has 0 atom stereocenters. The summed E-state index contributed by atoms with van der Waals surface area (Å²) in [7, 11) is 5.17. The van der Waals surface area contributed by atoms with Crippen LogP contribution in [0, 0.1) is 0 Å². The minimum Gasteiger partial charge on any atom is -0.496 e. The van der Waals surface area contributed by atoms with Gasteiger partial charge in [0.25, 0.3) is 0 Å². The largest absolute Gasteiger partial charge is 0.496 e. The van der Waals surface area contributed by atoms with Gasteiger partial charge in [0, 0.05) is 24.7 Å². The Morgan fingerprint density at radius 3 is 2.72 bits per heavy atom. The molecule has 2 rings (SSSR count). The Morgan fingerprint density at radius 1 is 1.28 bits per heavy atom. The number of aromatic nitrogens is 2. The summed E-state index contributed by atoms with van der Waals surface area (Å²) < 4.78 is 12.2. The molecule has 0 fully saturated rings. The zero-order valence-corrected chi connectivity index (χ0v) is 11.4. The van der Waals surface area contributed by atoms with Crippen molar-refractivity contribution in [1.82, 2.24) is 9.78 Å². The maximum atomic E-state index is 5.96. The fourth-order valence-corrected chi connectivity index (χ4v) is 2.04. The van der Waals surface area contributed by atoms with Crippen LogP contribution in [-0.2, 0) is 18.4 Å². The predicted molar refractivity (Wildman–Crippen MR) is 70.9 cm³/mol. The van der Waals surface area contributed by atoms with Crippen LogP contribution in [0.3, 0.4) is 0 Å². The number of methoxy groups -OCH3 is 2. The highest BCUT2D eigenvalue weighted by molar-refractivity contribution is 6.30. The molecule has 0 N–H and O–H groups in total. The average molecular weight is 267 g/mol. The highest BCUT2D eigenvalue weighted by atomic mass is 35.5. The van der Waals surface area contributed by atoms with E-state index in [2.05, 4.69) is 5.10 Å². The van der Waals surface area contributed by atoms with E-state index in [4.69, 9.17) is 21.1 Å². The van der Waals surface area contributed by atoms with Gasteiger partial charge >= 0.3 is 0 Å². The summed E-state index contributed by atoms with van der Waals surface area (Å²) in [6.07, 6.45) is 0. The Labute approximate surface area is 111 Å². The summed E-state index contributed by atoms with van der Waals surface area (Å²) in [5.41, 5.74) is 2.81. The van der Waals surface area contributed by atoms with Crippen LogP contribution in [0.2, 0.25) is 5.02 Å². The summed E-state index contributed by atoms with van der Waals surface area (Å²) in [5, 5.41) is 5.03. The molecule has 0 saturated heterocycles. The van der Waals surface area contributed by atoms with Crippen molar-refractivity contribution in [3.63, 3.8) is 0 Å². The van der Waals surface area contributed by atoms with Crippen LogP contribution in [-0.4, -0.2) is 24.0 Å². The maximum absolute atomic E-state index is 5.96. The fourth-order valence-electron chi connectivity index (χ4n) is 1.87. The molecule has 2 aromatic rings. The second kappa shape index (κ2) is 5.42. The van der Waals surface area contributed by atoms with Gasteiger partial charge in [-0.15, -0.1) is 0 Å². The van der Waals surface area contributed by atoms with Crippen molar-refractivity contribution in [2.75, 3.05) is 14.2 Å². The summed E-state index contributed by atoms with van der Waals surface area (Å²) in [6.45, 7) is 0.490. The number of benzene rings is 1.